The summed E-state index contributed by atoms with van der Waals surface area (Å²) >= 11 is 0. The molecular formula is C19H32N4O2. The second-order valence-electron chi connectivity index (χ2n) is 8.91. The summed E-state index contributed by atoms with van der Waals surface area (Å²) in [5.41, 5.74) is 0.793. The summed E-state index contributed by atoms with van der Waals surface area (Å²) in [4.78, 5) is 25.2. The molecule has 0 aromatic carbocycles. The lowest BCUT2D eigenvalue weighted by atomic mass is 9.90. The molecule has 6 heteroatoms. The minimum absolute atomic E-state index is 0.192. The maximum atomic E-state index is 12.3. The zero-order chi connectivity index (χ0) is 18.7. The van der Waals surface area contributed by atoms with E-state index in [1.165, 1.54) is 0 Å². The summed E-state index contributed by atoms with van der Waals surface area (Å²) in [6, 6.07) is 2.08. The van der Waals surface area contributed by atoms with Gasteiger partial charge in [-0.05, 0) is 39.0 Å². The zero-order valence-corrected chi connectivity index (χ0v) is 16.5. The predicted octanol–water partition coefficient (Wildman–Crippen LogP) is 3.51. The minimum atomic E-state index is -0.461. The van der Waals surface area contributed by atoms with E-state index in [4.69, 9.17) is 4.74 Å². The van der Waals surface area contributed by atoms with Gasteiger partial charge in [0.1, 0.15) is 17.7 Å². The highest BCUT2D eigenvalue weighted by Crippen LogP contribution is 2.22. The highest BCUT2D eigenvalue weighted by Gasteiger charge is 2.25. The topological polar surface area (TPSA) is 58.6 Å². The maximum Gasteiger partial charge on any atom is 0.410 e. The number of anilines is 1. The number of nitrogens with zero attached hydrogens (tertiary/aromatic N) is 4. The number of rotatable bonds is 2. The molecule has 2 rings (SSSR count). The standard InChI is InChI=1S/C19H32N4O2/c1-18(2,3)13-15-12-16(21-14-20-15)22-8-7-9-23(11-10-22)17(24)25-19(4,5)6/h12,14H,7-11,13H2,1-6H3. The molecule has 140 valence electrons. The van der Waals surface area contributed by atoms with Crippen molar-refractivity contribution < 1.29 is 9.53 Å². The molecule has 25 heavy (non-hydrogen) atoms. The summed E-state index contributed by atoms with van der Waals surface area (Å²) in [5, 5.41) is 0. The average Bonchev–Trinajstić information content (AvgIpc) is 2.69. The van der Waals surface area contributed by atoms with Gasteiger partial charge in [-0.1, -0.05) is 20.8 Å². The third kappa shape index (κ3) is 6.52. The fourth-order valence-electron chi connectivity index (χ4n) is 2.85. The molecule has 1 aromatic heterocycles. The van der Waals surface area contributed by atoms with Gasteiger partial charge in [0.05, 0.1) is 0 Å². The zero-order valence-electron chi connectivity index (χ0n) is 16.5. The Morgan fingerprint density at radius 1 is 1.08 bits per heavy atom. The van der Waals surface area contributed by atoms with Crippen LogP contribution in [-0.4, -0.2) is 52.7 Å². The number of amides is 1. The first-order chi connectivity index (χ1) is 11.5. The Kier molecular flexibility index (Phi) is 5.91. The van der Waals surface area contributed by atoms with Crippen molar-refractivity contribution in [2.75, 3.05) is 31.1 Å². The molecule has 2 heterocycles. The Hall–Kier alpha value is -1.85. The van der Waals surface area contributed by atoms with Crippen LogP contribution >= 0.6 is 0 Å². The maximum absolute atomic E-state index is 12.3. The van der Waals surface area contributed by atoms with Crippen LogP contribution in [0.1, 0.15) is 53.7 Å². The van der Waals surface area contributed by atoms with Crippen LogP contribution in [0.25, 0.3) is 0 Å². The lowest BCUT2D eigenvalue weighted by molar-refractivity contribution is 0.0263. The van der Waals surface area contributed by atoms with Gasteiger partial charge in [-0.2, -0.15) is 0 Å². The van der Waals surface area contributed by atoms with Crippen LogP contribution in [-0.2, 0) is 11.2 Å². The van der Waals surface area contributed by atoms with E-state index >= 15 is 0 Å². The van der Waals surface area contributed by atoms with Crippen molar-refractivity contribution in [3.63, 3.8) is 0 Å². The summed E-state index contributed by atoms with van der Waals surface area (Å²) in [5.74, 6) is 0.945. The first-order valence-electron chi connectivity index (χ1n) is 9.07. The molecule has 0 spiro atoms. The molecule has 0 saturated carbocycles. The highest BCUT2D eigenvalue weighted by atomic mass is 16.6. The van der Waals surface area contributed by atoms with E-state index in [0.29, 0.717) is 13.1 Å². The molecule has 1 aliphatic rings. The SMILES string of the molecule is CC(C)(C)Cc1cc(N2CCCN(C(=O)OC(C)(C)C)CC2)ncn1. The van der Waals surface area contributed by atoms with Crippen LogP contribution in [0.15, 0.2) is 12.4 Å². The van der Waals surface area contributed by atoms with Crippen molar-refractivity contribution in [1.82, 2.24) is 14.9 Å². The van der Waals surface area contributed by atoms with E-state index in [1.807, 2.05) is 20.8 Å². The Morgan fingerprint density at radius 3 is 2.44 bits per heavy atom. The number of carbonyl (C=O) groups excluding carboxylic acids is 1. The monoisotopic (exact) mass is 348 g/mol. The second-order valence-corrected chi connectivity index (χ2v) is 8.91. The largest absolute Gasteiger partial charge is 0.444 e. The van der Waals surface area contributed by atoms with E-state index < -0.39 is 5.60 Å². The predicted molar refractivity (Wildman–Crippen MR) is 99.8 cm³/mol. The molecule has 0 aliphatic carbocycles. The number of hydrogen-bond donors (Lipinski definition) is 0. The van der Waals surface area contributed by atoms with Crippen molar-refractivity contribution in [2.24, 2.45) is 5.41 Å². The summed E-state index contributed by atoms with van der Waals surface area (Å²) < 4.78 is 5.49. The van der Waals surface area contributed by atoms with Gasteiger partial charge in [-0.15, -0.1) is 0 Å². The molecule has 1 amide bonds. The second kappa shape index (κ2) is 7.58. The third-order valence-electron chi connectivity index (χ3n) is 3.89. The van der Waals surface area contributed by atoms with Crippen molar-refractivity contribution in [1.29, 1.82) is 0 Å². The van der Waals surface area contributed by atoms with Crippen molar-refractivity contribution in [2.45, 2.75) is 60.0 Å². The van der Waals surface area contributed by atoms with Gasteiger partial charge in [0.15, 0.2) is 0 Å². The molecule has 1 saturated heterocycles. The van der Waals surface area contributed by atoms with Crippen LogP contribution in [0, 0.1) is 5.41 Å². The number of carbonyl (C=O) groups is 1. The van der Waals surface area contributed by atoms with Gasteiger partial charge in [0, 0.05) is 37.9 Å². The van der Waals surface area contributed by atoms with Gasteiger partial charge in [-0.25, -0.2) is 14.8 Å². The van der Waals surface area contributed by atoms with E-state index in [9.17, 15) is 4.79 Å². The van der Waals surface area contributed by atoms with Crippen molar-refractivity contribution >= 4 is 11.9 Å². The van der Waals surface area contributed by atoms with E-state index in [1.54, 1.807) is 11.2 Å². The van der Waals surface area contributed by atoms with E-state index in [-0.39, 0.29) is 11.5 Å². The highest BCUT2D eigenvalue weighted by molar-refractivity contribution is 5.68. The summed E-state index contributed by atoms with van der Waals surface area (Å²) in [6.45, 7) is 15.3. The smallest absolute Gasteiger partial charge is 0.410 e. The Labute approximate surface area is 151 Å². The molecule has 1 fully saturated rings. The van der Waals surface area contributed by atoms with E-state index in [2.05, 4.69) is 41.7 Å². The Bertz CT molecular complexity index is 590. The average molecular weight is 348 g/mol. The first kappa shape index (κ1) is 19.5. The third-order valence-corrected chi connectivity index (χ3v) is 3.89. The number of hydrogen-bond acceptors (Lipinski definition) is 5. The van der Waals surface area contributed by atoms with Crippen LogP contribution in [0.5, 0.6) is 0 Å². The molecule has 0 radical (unpaired) electrons. The molecule has 0 atom stereocenters. The number of ether oxygens (including phenoxy) is 1. The Balaban J connectivity index is 2.01. The summed E-state index contributed by atoms with van der Waals surface area (Å²) in [7, 11) is 0. The quantitative estimate of drug-likeness (QED) is 0.818. The molecular weight excluding hydrogens is 316 g/mol. The molecule has 0 bridgehead atoms. The minimum Gasteiger partial charge on any atom is -0.444 e. The van der Waals surface area contributed by atoms with Crippen molar-refractivity contribution in [3.05, 3.63) is 18.1 Å². The van der Waals surface area contributed by atoms with Crippen molar-refractivity contribution in [3.8, 4) is 0 Å². The van der Waals surface area contributed by atoms with Gasteiger partial charge in [0.25, 0.3) is 0 Å². The van der Waals surface area contributed by atoms with Gasteiger partial charge >= 0.3 is 6.09 Å². The van der Waals surface area contributed by atoms with Gasteiger partial charge < -0.3 is 14.5 Å². The van der Waals surface area contributed by atoms with E-state index in [0.717, 1.165) is 37.4 Å². The summed E-state index contributed by atoms with van der Waals surface area (Å²) in [6.07, 6.45) is 3.23. The normalized spacial score (nSPS) is 16.6. The van der Waals surface area contributed by atoms with Crippen LogP contribution < -0.4 is 4.90 Å². The van der Waals surface area contributed by atoms with Crippen LogP contribution in [0.4, 0.5) is 10.6 Å². The molecule has 6 nitrogen and oxygen atoms in total. The molecule has 0 N–H and O–H groups in total. The fraction of sp³-hybridized carbons (Fsp3) is 0.737. The van der Waals surface area contributed by atoms with Crippen LogP contribution in [0.3, 0.4) is 0 Å². The lowest BCUT2D eigenvalue weighted by Crippen LogP contribution is -2.39. The fourth-order valence-corrected chi connectivity index (χ4v) is 2.85. The van der Waals surface area contributed by atoms with Crippen LogP contribution in [0.2, 0.25) is 0 Å². The Morgan fingerprint density at radius 2 is 1.80 bits per heavy atom. The molecule has 1 aromatic rings. The van der Waals surface area contributed by atoms with Gasteiger partial charge in [-0.3, -0.25) is 0 Å². The van der Waals surface area contributed by atoms with Gasteiger partial charge in [0.2, 0.25) is 0 Å². The molecule has 1 aliphatic heterocycles. The number of aromatic nitrogens is 2. The lowest BCUT2D eigenvalue weighted by Gasteiger charge is -2.26. The molecule has 0 unspecified atom stereocenters. The first-order valence-corrected chi connectivity index (χ1v) is 9.07.